The van der Waals surface area contributed by atoms with Crippen molar-refractivity contribution in [2.75, 3.05) is 13.7 Å². The number of hydrogen-bond donors (Lipinski definition) is 1. The Morgan fingerprint density at radius 3 is 2.82 bits per heavy atom. The van der Waals surface area contributed by atoms with Gasteiger partial charge in [0.2, 0.25) is 0 Å². The molecular weight excluding hydrogens is 214 g/mol. The molecule has 3 heteroatoms. The zero-order valence-corrected chi connectivity index (χ0v) is 10.4. The summed E-state index contributed by atoms with van der Waals surface area (Å²) in [6, 6.07) is 8.47. The molecule has 3 nitrogen and oxygen atoms in total. The van der Waals surface area contributed by atoms with Gasteiger partial charge in [-0.2, -0.15) is 0 Å². The van der Waals surface area contributed by atoms with Gasteiger partial charge in [0.1, 0.15) is 6.04 Å². The van der Waals surface area contributed by atoms with Gasteiger partial charge in [0.05, 0.1) is 7.11 Å². The average molecular weight is 233 g/mol. The molecule has 92 valence electrons. The Labute approximate surface area is 102 Å². The maximum Gasteiger partial charge on any atom is 0.322 e. The SMILES string of the molecule is COC(=O)[C@H]1CC[C@H](c2cccc(C)c2)CN1. The van der Waals surface area contributed by atoms with Crippen LogP contribution in [0.4, 0.5) is 0 Å². The first-order valence-electron chi connectivity index (χ1n) is 6.08. The Bertz CT molecular complexity index is 395. The molecule has 0 unspecified atom stereocenters. The lowest BCUT2D eigenvalue weighted by Gasteiger charge is -2.28. The lowest BCUT2D eigenvalue weighted by molar-refractivity contribution is -0.143. The average Bonchev–Trinajstić information content (AvgIpc) is 2.38. The molecule has 1 aromatic carbocycles. The number of nitrogens with one attached hydrogen (secondary N) is 1. The minimum absolute atomic E-state index is 0.124. The zero-order chi connectivity index (χ0) is 12.3. The highest BCUT2D eigenvalue weighted by molar-refractivity contribution is 5.75. The maximum absolute atomic E-state index is 11.4. The molecule has 1 saturated heterocycles. The number of esters is 1. The van der Waals surface area contributed by atoms with Gasteiger partial charge in [0.15, 0.2) is 0 Å². The van der Waals surface area contributed by atoms with Gasteiger partial charge in [-0.25, -0.2) is 0 Å². The van der Waals surface area contributed by atoms with Crippen molar-refractivity contribution in [2.24, 2.45) is 0 Å². The standard InChI is InChI=1S/C14H19NO2/c1-10-4-3-5-11(8-10)12-6-7-13(15-9-12)14(16)17-2/h3-5,8,12-13,15H,6-7,9H2,1-2H3/t12-,13+/m0/s1. The van der Waals surface area contributed by atoms with Gasteiger partial charge in [-0.05, 0) is 31.2 Å². The molecule has 1 aliphatic rings. The van der Waals surface area contributed by atoms with E-state index >= 15 is 0 Å². The Morgan fingerprint density at radius 1 is 1.41 bits per heavy atom. The fraction of sp³-hybridized carbons (Fsp3) is 0.500. The molecule has 0 aliphatic carbocycles. The molecular formula is C14H19NO2. The van der Waals surface area contributed by atoms with E-state index < -0.39 is 0 Å². The molecule has 0 amide bonds. The third-order valence-electron chi connectivity index (χ3n) is 3.41. The summed E-state index contributed by atoms with van der Waals surface area (Å²) in [6.45, 7) is 2.96. The van der Waals surface area contributed by atoms with E-state index in [1.807, 2.05) is 0 Å². The summed E-state index contributed by atoms with van der Waals surface area (Å²) in [5, 5.41) is 3.26. The van der Waals surface area contributed by atoms with E-state index in [0.29, 0.717) is 5.92 Å². The number of carbonyl (C=O) groups excluding carboxylic acids is 1. The molecule has 1 fully saturated rings. The highest BCUT2D eigenvalue weighted by Crippen LogP contribution is 2.26. The fourth-order valence-electron chi connectivity index (χ4n) is 2.41. The van der Waals surface area contributed by atoms with Crippen LogP contribution >= 0.6 is 0 Å². The summed E-state index contributed by atoms with van der Waals surface area (Å²) in [5.74, 6) is 0.364. The molecule has 0 bridgehead atoms. The van der Waals surface area contributed by atoms with E-state index in [1.165, 1.54) is 18.2 Å². The van der Waals surface area contributed by atoms with E-state index in [0.717, 1.165) is 19.4 Å². The van der Waals surface area contributed by atoms with Crippen LogP contribution in [0.3, 0.4) is 0 Å². The molecule has 1 heterocycles. The second-order valence-corrected chi connectivity index (χ2v) is 4.67. The Kier molecular flexibility index (Phi) is 3.79. The quantitative estimate of drug-likeness (QED) is 0.794. The van der Waals surface area contributed by atoms with Crippen LogP contribution < -0.4 is 5.32 Å². The van der Waals surface area contributed by atoms with Crippen LogP contribution in [0.2, 0.25) is 0 Å². The van der Waals surface area contributed by atoms with Crippen LogP contribution in [0.5, 0.6) is 0 Å². The maximum atomic E-state index is 11.4. The lowest BCUT2D eigenvalue weighted by atomic mass is 9.88. The van der Waals surface area contributed by atoms with Crippen molar-refractivity contribution in [1.82, 2.24) is 5.32 Å². The predicted octanol–water partition coefficient (Wildman–Crippen LogP) is 2.00. The number of carbonyl (C=O) groups is 1. The number of rotatable bonds is 2. The Balaban J connectivity index is 1.97. The van der Waals surface area contributed by atoms with Crippen LogP contribution in [0.1, 0.15) is 29.9 Å². The Hall–Kier alpha value is -1.35. The van der Waals surface area contributed by atoms with Crippen molar-refractivity contribution in [1.29, 1.82) is 0 Å². The molecule has 2 rings (SSSR count). The van der Waals surface area contributed by atoms with Gasteiger partial charge in [-0.1, -0.05) is 29.8 Å². The van der Waals surface area contributed by atoms with Gasteiger partial charge in [0, 0.05) is 6.54 Å². The third-order valence-corrected chi connectivity index (χ3v) is 3.41. The van der Waals surface area contributed by atoms with Crippen molar-refractivity contribution in [3.8, 4) is 0 Å². The second kappa shape index (κ2) is 5.32. The van der Waals surface area contributed by atoms with Crippen molar-refractivity contribution in [2.45, 2.75) is 31.7 Å². The van der Waals surface area contributed by atoms with E-state index in [1.54, 1.807) is 0 Å². The molecule has 0 aromatic heterocycles. The van der Waals surface area contributed by atoms with Gasteiger partial charge in [-0.3, -0.25) is 4.79 Å². The van der Waals surface area contributed by atoms with Gasteiger partial charge >= 0.3 is 5.97 Å². The van der Waals surface area contributed by atoms with E-state index in [2.05, 4.69) is 36.5 Å². The molecule has 1 aromatic rings. The summed E-state index contributed by atoms with van der Waals surface area (Å²) in [5.41, 5.74) is 2.65. The number of benzene rings is 1. The van der Waals surface area contributed by atoms with Crippen LogP contribution in [0.25, 0.3) is 0 Å². The first kappa shape index (κ1) is 12.1. The Morgan fingerprint density at radius 2 is 2.24 bits per heavy atom. The molecule has 0 saturated carbocycles. The van der Waals surface area contributed by atoms with Crippen LogP contribution in [0.15, 0.2) is 24.3 Å². The fourth-order valence-corrected chi connectivity index (χ4v) is 2.41. The van der Waals surface area contributed by atoms with Crippen LogP contribution in [-0.4, -0.2) is 25.7 Å². The van der Waals surface area contributed by atoms with Crippen molar-refractivity contribution in [3.05, 3.63) is 35.4 Å². The normalized spacial score (nSPS) is 24.4. The molecule has 0 spiro atoms. The lowest BCUT2D eigenvalue weighted by Crippen LogP contribution is -2.43. The van der Waals surface area contributed by atoms with Gasteiger partial charge < -0.3 is 10.1 Å². The summed E-state index contributed by atoms with van der Waals surface area (Å²) >= 11 is 0. The number of piperidine rings is 1. The molecule has 17 heavy (non-hydrogen) atoms. The van der Waals surface area contributed by atoms with E-state index in [4.69, 9.17) is 4.74 Å². The number of aryl methyl sites for hydroxylation is 1. The number of ether oxygens (including phenoxy) is 1. The summed E-state index contributed by atoms with van der Waals surface area (Å²) in [6.07, 6.45) is 1.89. The summed E-state index contributed by atoms with van der Waals surface area (Å²) < 4.78 is 4.75. The molecule has 0 radical (unpaired) electrons. The summed E-state index contributed by atoms with van der Waals surface area (Å²) in [4.78, 5) is 11.4. The highest BCUT2D eigenvalue weighted by Gasteiger charge is 2.26. The third kappa shape index (κ3) is 2.86. The van der Waals surface area contributed by atoms with Gasteiger partial charge in [-0.15, -0.1) is 0 Å². The number of hydrogen-bond acceptors (Lipinski definition) is 3. The molecule has 1 N–H and O–H groups in total. The van der Waals surface area contributed by atoms with Crippen molar-refractivity contribution < 1.29 is 9.53 Å². The van der Waals surface area contributed by atoms with Crippen molar-refractivity contribution >= 4 is 5.97 Å². The van der Waals surface area contributed by atoms with Crippen LogP contribution in [-0.2, 0) is 9.53 Å². The monoisotopic (exact) mass is 233 g/mol. The topological polar surface area (TPSA) is 38.3 Å². The van der Waals surface area contributed by atoms with E-state index in [-0.39, 0.29) is 12.0 Å². The predicted molar refractivity (Wildman–Crippen MR) is 67.0 cm³/mol. The summed E-state index contributed by atoms with van der Waals surface area (Å²) in [7, 11) is 1.44. The van der Waals surface area contributed by atoms with Gasteiger partial charge in [0.25, 0.3) is 0 Å². The van der Waals surface area contributed by atoms with Crippen molar-refractivity contribution in [3.63, 3.8) is 0 Å². The smallest absolute Gasteiger partial charge is 0.322 e. The highest BCUT2D eigenvalue weighted by atomic mass is 16.5. The zero-order valence-electron chi connectivity index (χ0n) is 10.4. The van der Waals surface area contributed by atoms with Crippen LogP contribution in [0, 0.1) is 6.92 Å². The van der Waals surface area contributed by atoms with E-state index in [9.17, 15) is 4.79 Å². The second-order valence-electron chi connectivity index (χ2n) is 4.67. The largest absolute Gasteiger partial charge is 0.468 e. The first-order chi connectivity index (χ1) is 8.20. The number of methoxy groups -OCH3 is 1. The minimum Gasteiger partial charge on any atom is -0.468 e. The minimum atomic E-state index is -0.146. The molecule has 1 aliphatic heterocycles. The molecule has 2 atom stereocenters. The first-order valence-corrected chi connectivity index (χ1v) is 6.08.